The van der Waals surface area contributed by atoms with E-state index in [4.69, 9.17) is 22.1 Å². The lowest BCUT2D eigenvalue weighted by molar-refractivity contribution is -0.136. The highest BCUT2D eigenvalue weighted by atomic mass is 35.5. The Bertz CT molecular complexity index is 439. The summed E-state index contributed by atoms with van der Waals surface area (Å²) in [6.45, 7) is 3.04. The summed E-state index contributed by atoms with van der Waals surface area (Å²) in [4.78, 5) is 13.9. The van der Waals surface area contributed by atoms with Crippen molar-refractivity contribution in [2.45, 2.75) is 25.5 Å². The smallest absolute Gasteiger partial charge is 0.263 e. The van der Waals surface area contributed by atoms with Gasteiger partial charge in [-0.1, -0.05) is 23.7 Å². The molecule has 5 heteroatoms. The van der Waals surface area contributed by atoms with Gasteiger partial charge in [-0.25, -0.2) is 0 Å². The average molecular weight is 269 g/mol. The first-order valence-electron chi connectivity index (χ1n) is 6.03. The Labute approximate surface area is 112 Å². The predicted molar refractivity (Wildman–Crippen MR) is 70.7 cm³/mol. The highest BCUT2D eigenvalue weighted by Gasteiger charge is 2.28. The van der Waals surface area contributed by atoms with Crippen LogP contribution in [0.5, 0.6) is 5.75 Å². The molecule has 0 unspecified atom stereocenters. The Kier molecular flexibility index (Phi) is 4.09. The third-order valence-corrected chi connectivity index (χ3v) is 3.34. The van der Waals surface area contributed by atoms with Crippen molar-refractivity contribution in [3.8, 4) is 5.75 Å². The minimum absolute atomic E-state index is 0.0390. The number of rotatable bonds is 3. The highest BCUT2D eigenvalue weighted by Crippen LogP contribution is 2.24. The van der Waals surface area contributed by atoms with Crippen molar-refractivity contribution in [3.05, 3.63) is 29.3 Å². The number of hydrogen-bond acceptors (Lipinski definition) is 3. The molecule has 1 amide bonds. The Morgan fingerprint density at radius 3 is 2.89 bits per heavy atom. The molecule has 1 aliphatic rings. The molecule has 0 saturated carbocycles. The molecule has 2 atom stereocenters. The normalized spacial score (nSPS) is 20.8. The molecule has 1 aromatic rings. The zero-order chi connectivity index (χ0) is 13.1. The molecule has 1 heterocycles. The summed E-state index contributed by atoms with van der Waals surface area (Å²) < 4.78 is 5.59. The van der Waals surface area contributed by atoms with Crippen LogP contribution in [-0.2, 0) is 4.79 Å². The molecule has 2 N–H and O–H groups in total. The van der Waals surface area contributed by atoms with Crippen LogP contribution in [0.1, 0.15) is 13.3 Å². The number of carbonyl (C=O) groups is 1. The summed E-state index contributed by atoms with van der Waals surface area (Å²) in [5.41, 5.74) is 5.78. The van der Waals surface area contributed by atoms with Gasteiger partial charge in [-0.2, -0.15) is 0 Å². The number of carbonyl (C=O) groups excluding carboxylic acids is 1. The largest absolute Gasteiger partial charge is 0.479 e. The quantitative estimate of drug-likeness (QED) is 0.907. The number of ether oxygens (including phenoxy) is 1. The standard InChI is InChI=1S/C13H17ClN2O2/c1-9(13(17)16-7-6-10(15)8-16)18-12-5-3-2-4-11(12)14/h2-5,9-10H,6-8,15H2,1H3/t9-,10-/m1/s1. The summed E-state index contributed by atoms with van der Waals surface area (Å²) in [5.74, 6) is 0.492. The summed E-state index contributed by atoms with van der Waals surface area (Å²) in [6, 6.07) is 7.22. The van der Waals surface area contributed by atoms with Crippen molar-refractivity contribution in [2.24, 2.45) is 5.73 Å². The zero-order valence-electron chi connectivity index (χ0n) is 10.3. The molecule has 0 bridgehead atoms. The minimum atomic E-state index is -0.546. The zero-order valence-corrected chi connectivity index (χ0v) is 11.1. The molecule has 2 rings (SSSR count). The van der Waals surface area contributed by atoms with Gasteiger partial charge in [-0.05, 0) is 25.5 Å². The molecular weight excluding hydrogens is 252 g/mol. The number of para-hydroxylation sites is 1. The SMILES string of the molecule is C[C@@H](Oc1ccccc1Cl)C(=O)N1CC[C@@H](N)C1. The average Bonchev–Trinajstić information content (AvgIpc) is 2.78. The summed E-state index contributed by atoms with van der Waals surface area (Å²) in [7, 11) is 0. The van der Waals surface area contributed by atoms with E-state index in [0.717, 1.165) is 6.42 Å². The van der Waals surface area contributed by atoms with Crippen molar-refractivity contribution in [3.63, 3.8) is 0 Å². The molecule has 1 aromatic carbocycles. The maximum atomic E-state index is 12.1. The molecule has 1 saturated heterocycles. The summed E-state index contributed by atoms with van der Waals surface area (Å²) >= 11 is 5.99. The number of benzene rings is 1. The van der Waals surface area contributed by atoms with Crippen LogP contribution in [0.15, 0.2) is 24.3 Å². The van der Waals surface area contributed by atoms with E-state index in [1.165, 1.54) is 0 Å². The molecule has 98 valence electrons. The van der Waals surface area contributed by atoms with E-state index in [1.54, 1.807) is 24.0 Å². The number of halogens is 1. The molecule has 0 aliphatic carbocycles. The molecule has 0 radical (unpaired) electrons. The van der Waals surface area contributed by atoms with E-state index in [0.29, 0.717) is 23.9 Å². The Morgan fingerprint density at radius 1 is 1.56 bits per heavy atom. The van der Waals surface area contributed by atoms with Crippen molar-refractivity contribution < 1.29 is 9.53 Å². The van der Waals surface area contributed by atoms with Crippen molar-refractivity contribution in [1.82, 2.24) is 4.90 Å². The minimum Gasteiger partial charge on any atom is -0.479 e. The van der Waals surface area contributed by atoms with Crippen LogP contribution in [-0.4, -0.2) is 36.0 Å². The molecule has 0 spiro atoms. The Morgan fingerprint density at radius 2 is 2.28 bits per heavy atom. The maximum Gasteiger partial charge on any atom is 0.263 e. The van der Waals surface area contributed by atoms with E-state index in [1.807, 2.05) is 12.1 Å². The third kappa shape index (κ3) is 2.94. The molecule has 1 fully saturated rings. The van der Waals surface area contributed by atoms with Crippen molar-refractivity contribution in [2.75, 3.05) is 13.1 Å². The Hall–Kier alpha value is -1.26. The molecule has 0 aromatic heterocycles. The van der Waals surface area contributed by atoms with Crippen LogP contribution in [0.4, 0.5) is 0 Å². The van der Waals surface area contributed by atoms with Crippen LogP contribution >= 0.6 is 11.6 Å². The van der Waals surface area contributed by atoms with Gasteiger partial charge in [0.25, 0.3) is 5.91 Å². The van der Waals surface area contributed by atoms with Crippen LogP contribution in [0.25, 0.3) is 0 Å². The topological polar surface area (TPSA) is 55.6 Å². The van der Waals surface area contributed by atoms with Crippen LogP contribution in [0.2, 0.25) is 5.02 Å². The highest BCUT2D eigenvalue weighted by molar-refractivity contribution is 6.32. The van der Waals surface area contributed by atoms with Gasteiger partial charge in [0.1, 0.15) is 5.75 Å². The van der Waals surface area contributed by atoms with Gasteiger partial charge in [-0.3, -0.25) is 4.79 Å². The van der Waals surface area contributed by atoms with Crippen molar-refractivity contribution in [1.29, 1.82) is 0 Å². The van der Waals surface area contributed by atoms with Crippen LogP contribution in [0, 0.1) is 0 Å². The molecule has 18 heavy (non-hydrogen) atoms. The van der Waals surface area contributed by atoms with Crippen LogP contribution < -0.4 is 10.5 Å². The third-order valence-electron chi connectivity index (χ3n) is 3.02. The van der Waals surface area contributed by atoms with Gasteiger partial charge < -0.3 is 15.4 Å². The first kappa shape index (κ1) is 13.2. The van der Waals surface area contributed by atoms with E-state index in [-0.39, 0.29) is 11.9 Å². The monoisotopic (exact) mass is 268 g/mol. The van der Waals surface area contributed by atoms with E-state index in [2.05, 4.69) is 0 Å². The fourth-order valence-corrected chi connectivity index (χ4v) is 2.21. The summed E-state index contributed by atoms with van der Waals surface area (Å²) in [5, 5.41) is 0.510. The van der Waals surface area contributed by atoms with E-state index < -0.39 is 6.10 Å². The predicted octanol–water partition coefficient (Wildman–Crippen LogP) is 1.67. The lowest BCUT2D eigenvalue weighted by Crippen LogP contribution is -2.40. The van der Waals surface area contributed by atoms with Crippen molar-refractivity contribution >= 4 is 17.5 Å². The number of hydrogen-bond donors (Lipinski definition) is 1. The second-order valence-corrected chi connectivity index (χ2v) is 4.93. The second-order valence-electron chi connectivity index (χ2n) is 4.52. The summed E-state index contributed by atoms with van der Waals surface area (Å²) in [6.07, 6.45) is 0.306. The first-order valence-corrected chi connectivity index (χ1v) is 6.41. The fraction of sp³-hybridized carbons (Fsp3) is 0.462. The Balaban J connectivity index is 1.98. The molecule has 1 aliphatic heterocycles. The second kappa shape index (κ2) is 5.59. The lowest BCUT2D eigenvalue weighted by Gasteiger charge is -2.21. The number of nitrogens with two attached hydrogens (primary N) is 1. The van der Waals surface area contributed by atoms with Gasteiger partial charge >= 0.3 is 0 Å². The van der Waals surface area contributed by atoms with Gasteiger partial charge in [0.05, 0.1) is 5.02 Å². The fourth-order valence-electron chi connectivity index (χ4n) is 2.03. The van der Waals surface area contributed by atoms with Gasteiger partial charge in [0, 0.05) is 19.1 Å². The van der Waals surface area contributed by atoms with E-state index >= 15 is 0 Å². The van der Waals surface area contributed by atoms with Gasteiger partial charge in [0.2, 0.25) is 0 Å². The molecule has 4 nitrogen and oxygen atoms in total. The lowest BCUT2D eigenvalue weighted by atomic mass is 10.3. The van der Waals surface area contributed by atoms with E-state index in [9.17, 15) is 4.79 Å². The number of likely N-dealkylation sites (tertiary alicyclic amines) is 1. The molecular formula is C13H17ClN2O2. The maximum absolute atomic E-state index is 12.1. The number of nitrogens with zero attached hydrogens (tertiary/aromatic N) is 1. The first-order chi connectivity index (χ1) is 8.58. The van der Waals surface area contributed by atoms with Crippen LogP contribution in [0.3, 0.4) is 0 Å². The number of amides is 1. The van der Waals surface area contributed by atoms with Gasteiger partial charge in [-0.15, -0.1) is 0 Å². The van der Waals surface area contributed by atoms with Gasteiger partial charge in [0.15, 0.2) is 6.10 Å².